The summed E-state index contributed by atoms with van der Waals surface area (Å²) in [4.78, 5) is 0. The Hall–Kier alpha value is -0.380. The predicted molar refractivity (Wildman–Crippen MR) is 50.4 cm³/mol. The number of hydrogen-bond acceptors (Lipinski definition) is 3. The van der Waals surface area contributed by atoms with Crippen LogP contribution in [-0.4, -0.2) is 40.0 Å². The SMILES string of the molecule is CCOCCOC/C=C/CNC. The monoisotopic (exact) mass is 173 g/mol. The van der Waals surface area contributed by atoms with Gasteiger partial charge in [-0.2, -0.15) is 0 Å². The lowest BCUT2D eigenvalue weighted by molar-refractivity contribution is 0.0643. The molecular formula is C9H19NO2. The highest BCUT2D eigenvalue weighted by Crippen LogP contribution is 1.79. The molecule has 0 aromatic heterocycles. The van der Waals surface area contributed by atoms with Crippen LogP contribution < -0.4 is 5.32 Å². The van der Waals surface area contributed by atoms with Crippen LogP contribution in [0.4, 0.5) is 0 Å². The zero-order valence-electron chi connectivity index (χ0n) is 8.01. The third-order valence-corrected chi connectivity index (χ3v) is 1.28. The molecule has 3 heteroatoms. The number of ether oxygens (including phenoxy) is 2. The van der Waals surface area contributed by atoms with Gasteiger partial charge in [0, 0.05) is 13.2 Å². The van der Waals surface area contributed by atoms with Gasteiger partial charge in [0.1, 0.15) is 0 Å². The smallest absolute Gasteiger partial charge is 0.0704 e. The molecule has 72 valence electrons. The van der Waals surface area contributed by atoms with Gasteiger partial charge in [-0.1, -0.05) is 12.2 Å². The van der Waals surface area contributed by atoms with E-state index in [0.29, 0.717) is 19.8 Å². The molecule has 0 unspecified atom stereocenters. The minimum absolute atomic E-state index is 0.675. The molecule has 0 aliphatic rings. The van der Waals surface area contributed by atoms with Gasteiger partial charge in [0.2, 0.25) is 0 Å². The second-order valence-corrected chi connectivity index (χ2v) is 2.30. The maximum atomic E-state index is 5.24. The predicted octanol–water partition coefficient (Wildman–Crippen LogP) is 0.815. The van der Waals surface area contributed by atoms with Crippen LogP contribution in [0.2, 0.25) is 0 Å². The first kappa shape index (κ1) is 11.6. The Morgan fingerprint density at radius 1 is 1.17 bits per heavy atom. The molecule has 0 radical (unpaired) electrons. The fourth-order valence-electron chi connectivity index (χ4n) is 0.683. The first-order chi connectivity index (χ1) is 5.91. The summed E-state index contributed by atoms with van der Waals surface area (Å²) in [7, 11) is 1.92. The lowest BCUT2D eigenvalue weighted by Gasteiger charge is -2.00. The van der Waals surface area contributed by atoms with E-state index in [1.807, 2.05) is 26.1 Å². The Morgan fingerprint density at radius 2 is 1.92 bits per heavy atom. The average molecular weight is 173 g/mol. The van der Waals surface area contributed by atoms with E-state index in [0.717, 1.165) is 13.2 Å². The number of likely N-dealkylation sites (N-methyl/N-ethyl adjacent to an activating group) is 1. The van der Waals surface area contributed by atoms with Crippen LogP contribution in [0.25, 0.3) is 0 Å². The minimum atomic E-state index is 0.675. The molecule has 0 amide bonds. The zero-order chi connectivity index (χ0) is 9.07. The number of hydrogen-bond donors (Lipinski definition) is 1. The summed E-state index contributed by atoms with van der Waals surface area (Å²) in [6.07, 6.45) is 4.04. The molecule has 0 aromatic carbocycles. The molecule has 0 heterocycles. The van der Waals surface area contributed by atoms with Gasteiger partial charge >= 0.3 is 0 Å². The van der Waals surface area contributed by atoms with E-state index in [1.165, 1.54) is 0 Å². The van der Waals surface area contributed by atoms with E-state index in [1.54, 1.807) is 0 Å². The molecule has 0 bridgehead atoms. The maximum absolute atomic E-state index is 5.24. The first-order valence-electron chi connectivity index (χ1n) is 4.37. The van der Waals surface area contributed by atoms with Crippen molar-refractivity contribution in [2.45, 2.75) is 6.92 Å². The van der Waals surface area contributed by atoms with Crippen molar-refractivity contribution >= 4 is 0 Å². The van der Waals surface area contributed by atoms with Gasteiger partial charge in [0.05, 0.1) is 19.8 Å². The normalized spacial score (nSPS) is 11.2. The van der Waals surface area contributed by atoms with Crippen LogP contribution >= 0.6 is 0 Å². The summed E-state index contributed by atoms with van der Waals surface area (Å²) in [6.45, 7) is 5.68. The molecule has 0 fully saturated rings. The zero-order valence-corrected chi connectivity index (χ0v) is 8.01. The molecule has 3 nitrogen and oxygen atoms in total. The molecule has 1 N–H and O–H groups in total. The van der Waals surface area contributed by atoms with E-state index in [4.69, 9.17) is 9.47 Å². The van der Waals surface area contributed by atoms with Crippen LogP contribution in [0.5, 0.6) is 0 Å². The highest BCUT2D eigenvalue weighted by Gasteiger charge is 1.83. The minimum Gasteiger partial charge on any atom is -0.379 e. The van der Waals surface area contributed by atoms with Gasteiger partial charge < -0.3 is 14.8 Å². The van der Waals surface area contributed by atoms with Crippen LogP contribution in [0.15, 0.2) is 12.2 Å². The summed E-state index contributed by atoms with van der Waals surface area (Å²) in [5.74, 6) is 0. The van der Waals surface area contributed by atoms with Crippen molar-refractivity contribution in [2.24, 2.45) is 0 Å². The lowest BCUT2D eigenvalue weighted by atomic mass is 10.5. The van der Waals surface area contributed by atoms with E-state index >= 15 is 0 Å². The Morgan fingerprint density at radius 3 is 2.58 bits per heavy atom. The van der Waals surface area contributed by atoms with E-state index in [2.05, 4.69) is 5.32 Å². The Labute approximate surface area is 74.7 Å². The highest BCUT2D eigenvalue weighted by molar-refractivity contribution is 4.82. The second kappa shape index (κ2) is 10.6. The average Bonchev–Trinajstić information content (AvgIpc) is 2.10. The summed E-state index contributed by atoms with van der Waals surface area (Å²) in [5.41, 5.74) is 0. The summed E-state index contributed by atoms with van der Waals surface area (Å²) >= 11 is 0. The van der Waals surface area contributed by atoms with Crippen molar-refractivity contribution in [3.8, 4) is 0 Å². The quantitative estimate of drug-likeness (QED) is 0.435. The summed E-state index contributed by atoms with van der Waals surface area (Å²) < 4.78 is 10.3. The van der Waals surface area contributed by atoms with Crippen LogP contribution in [0.3, 0.4) is 0 Å². The molecule has 0 saturated carbocycles. The third kappa shape index (κ3) is 9.62. The van der Waals surface area contributed by atoms with E-state index < -0.39 is 0 Å². The van der Waals surface area contributed by atoms with Crippen molar-refractivity contribution in [2.75, 3.05) is 40.0 Å². The van der Waals surface area contributed by atoms with E-state index in [9.17, 15) is 0 Å². The molecular weight excluding hydrogens is 154 g/mol. The van der Waals surface area contributed by atoms with Gasteiger partial charge in [-0.05, 0) is 14.0 Å². The highest BCUT2D eigenvalue weighted by atomic mass is 16.5. The molecule has 0 aromatic rings. The van der Waals surface area contributed by atoms with Crippen LogP contribution in [0, 0.1) is 0 Å². The molecule has 0 atom stereocenters. The topological polar surface area (TPSA) is 30.5 Å². The van der Waals surface area contributed by atoms with Crippen molar-refractivity contribution in [1.29, 1.82) is 0 Å². The lowest BCUT2D eigenvalue weighted by Crippen LogP contribution is -2.06. The van der Waals surface area contributed by atoms with Crippen molar-refractivity contribution < 1.29 is 9.47 Å². The Kier molecular flexibility index (Phi) is 10.3. The molecule has 12 heavy (non-hydrogen) atoms. The molecule has 0 spiro atoms. The van der Waals surface area contributed by atoms with Gasteiger partial charge in [0.15, 0.2) is 0 Å². The second-order valence-electron chi connectivity index (χ2n) is 2.30. The fourth-order valence-corrected chi connectivity index (χ4v) is 0.683. The standard InChI is InChI=1S/C9H19NO2/c1-3-11-8-9-12-7-5-4-6-10-2/h4-5,10H,3,6-9H2,1-2H3/b5-4+. The van der Waals surface area contributed by atoms with E-state index in [-0.39, 0.29) is 0 Å². The third-order valence-electron chi connectivity index (χ3n) is 1.28. The van der Waals surface area contributed by atoms with Crippen LogP contribution in [-0.2, 0) is 9.47 Å². The number of nitrogens with one attached hydrogen (secondary N) is 1. The van der Waals surface area contributed by atoms with Crippen molar-refractivity contribution in [3.63, 3.8) is 0 Å². The van der Waals surface area contributed by atoms with Crippen molar-refractivity contribution in [3.05, 3.63) is 12.2 Å². The van der Waals surface area contributed by atoms with Crippen molar-refractivity contribution in [1.82, 2.24) is 5.32 Å². The summed E-state index contributed by atoms with van der Waals surface area (Å²) in [6, 6.07) is 0. The first-order valence-corrected chi connectivity index (χ1v) is 4.37. The maximum Gasteiger partial charge on any atom is 0.0704 e. The summed E-state index contributed by atoms with van der Waals surface area (Å²) in [5, 5.41) is 3.01. The molecule has 0 rings (SSSR count). The fraction of sp³-hybridized carbons (Fsp3) is 0.778. The molecule has 0 aliphatic carbocycles. The van der Waals surface area contributed by atoms with Gasteiger partial charge in [-0.15, -0.1) is 0 Å². The largest absolute Gasteiger partial charge is 0.379 e. The van der Waals surface area contributed by atoms with Gasteiger partial charge in [0.25, 0.3) is 0 Å². The Balaban J connectivity index is 2.90. The van der Waals surface area contributed by atoms with Crippen LogP contribution in [0.1, 0.15) is 6.92 Å². The number of rotatable bonds is 8. The molecule has 0 aliphatic heterocycles. The molecule has 0 saturated heterocycles. The van der Waals surface area contributed by atoms with Gasteiger partial charge in [-0.3, -0.25) is 0 Å². The Bertz CT molecular complexity index is 105. The van der Waals surface area contributed by atoms with Gasteiger partial charge in [-0.25, -0.2) is 0 Å².